The molecule has 2 aromatic carbocycles. The number of hydrogen-bond donors (Lipinski definition) is 1. The summed E-state index contributed by atoms with van der Waals surface area (Å²) < 4.78 is 27.6. The SMILES string of the molecule is N#Cc1ccc(S(=O)(=O)NC2CCc3ccccc32)cc1. The van der Waals surface area contributed by atoms with Crippen LogP contribution in [0.25, 0.3) is 0 Å². The molecule has 1 N–H and O–H groups in total. The molecule has 0 saturated carbocycles. The lowest BCUT2D eigenvalue weighted by Crippen LogP contribution is -2.27. The summed E-state index contributed by atoms with van der Waals surface area (Å²) in [5, 5.41) is 8.76. The molecule has 1 aliphatic carbocycles. The third-order valence-electron chi connectivity index (χ3n) is 3.72. The number of nitrogens with one attached hydrogen (secondary N) is 1. The van der Waals surface area contributed by atoms with Crippen LogP contribution in [0.15, 0.2) is 53.4 Å². The summed E-state index contributed by atoms with van der Waals surface area (Å²) in [6.07, 6.45) is 1.66. The first kappa shape index (κ1) is 13.8. The Balaban J connectivity index is 1.86. The molecule has 21 heavy (non-hydrogen) atoms. The van der Waals surface area contributed by atoms with Gasteiger partial charge in [-0.05, 0) is 48.2 Å². The maximum atomic E-state index is 12.4. The summed E-state index contributed by atoms with van der Waals surface area (Å²) in [7, 11) is -3.57. The molecule has 0 radical (unpaired) electrons. The van der Waals surface area contributed by atoms with Crippen molar-refractivity contribution in [2.75, 3.05) is 0 Å². The molecular weight excluding hydrogens is 284 g/mol. The van der Waals surface area contributed by atoms with Crippen molar-refractivity contribution in [3.05, 3.63) is 65.2 Å². The molecule has 0 amide bonds. The zero-order chi connectivity index (χ0) is 14.9. The topological polar surface area (TPSA) is 70.0 Å². The highest BCUT2D eigenvalue weighted by atomic mass is 32.2. The van der Waals surface area contributed by atoms with Crippen molar-refractivity contribution in [2.24, 2.45) is 0 Å². The van der Waals surface area contributed by atoms with E-state index in [1.165, 1.54) is 29.8 Å². The van der Waals surface area contributed by atoms with Crippen LogP contribution in [0.3, 0.4) is 0 Å². The quantitative estimate of drug-likeness (QED) is 0.946. The Labute approximate surface area is 124 Å². The van der Waals surface area contributed by atoms with Crippen LogP contribution < -0.4 is 4.72 Å². The normalized spacial score (nSPS) is 17.2. The van der Waals surface area contributed by atoms with Crippen LogP contribution in [-0.4, -0.2) is 8.42 Å². The number of sulfonamides is 1. The smallest absolute Gasteiger partial charge is 0.207 e. The molecule has 1 atom stereocenters. The zero-order valence-electron chi connectivity index (χ0n) is 11.3. The van der Waals surface area contributed by atoms with Crippen molar-refractivity contribution in [3.8, 4) is 6.07 Å². The van der Waals surface area contributed by atoms with E-state index in [-0.39, 0.29) is 10.9 Å². The van der Waals surface area contributed by atoms with Crippen molar-refractivity contribution in [2.45, 2.75) is 23.8 Å². The van der Waals surface area contributed by atoms with Crippen molar-refractivity contribution in [1.82, 2.24) is 4.72 Å². The largest absolute Gasteiger partial charge is 0.241 e. The second-order valence-electron chi connectivity index (χ2n) is 5.05. The van der Waals surface area contributed by atoms with Gasteiger partial charge in [-0.3, -0.25) is 0 Å². The van der Waals surface area contributed by atoms with E-state index in [1.54, 1.807) is 0 Å². The van der Waals surface area contributed by atoms with E-state index in [4.69, 9.17) is 5.26 Å². The highest BCUT2D eigenvalue weighted by molar-refractivity contribution is 7.89. The summed E-state index contributed by atoms with van der Waals surface area (Å²) in [4.78, 5) is 0.186. The van der Waals surface area contributed by atoms with Gasteiger partial charge in [0, 0.05) is 6.04 Å². The third kappa shape index (κ3) is 2.68. The summed E-state index contributed by atoms with van der Waals surface area (Å²) in [5.74, 6) is 0. The average molecular weight is 298 g/mol. The zero-order valence-corrected chi connectivity index (χ0v) is 12.1. The van der Waals surface area contributed by atoms with E-state index in [2.05, 4.69) is 4.72 Å². The standard InChI is InChI=1S/C16H14N2O2S/c17-11-12-5-8-14(9-6-12)21(19,20)18-16-10-7-13-3-1-2-4-15(13)16/h1-6,8-9,16,18H,7,10H2. The molecule has 0 bridgehead atoms. The van der Waals surface area contributed by atoms with E-state index < -0.39 is 10.0 Å². The number of nitriles is 1. The van der Waals surface area contributed by atoms with E-state index in [0.717, 1.165) is 18.4 Å². The van der Waals surface area contributed by atoms with E-state index in [0.29, 0.717) is 5.56 Å². The Kier molecular flexibility index (Phi) is 3.50. The van der Waals surface area contributed by atoms with Gasteiger partial charge in [-0.25, -0.2) is 13.1 Å². The molecule has 0 spiro atoms. The number of benzene rings is 2. The fourth-order valence-electron chi connectivity index (χ4n) is 2.64. The molecule has 3 rings (SSSR count). The molecule has 0 saturated heterocycles. The molecule has 106 valence electrons. The summed E-state index contributed by atoms with van der Waals surface area (Å²) in [6, 6.07) is 15.6. The fraction of sp³-hybridized carbons (Fsp3) is 0.188. The van der Waals surface area contributed by atoms with Gasteiger partial charge in [-0.15, -0.1) is 0 Å². The molecule has 5 heteroatoms. The molecule has 1 unspecified atom stereocenters. The molecule has 0 aliphatic heterocycles. The van der Waals surface area contributed by atoms with E-state index in [1.807, 2.05) is 30.3 Å². The molecule has 0 heterocycles. The van der Waals surface area contributed by atoms with Gasteiger partial charge >= 0.3 is 0 Å². The number of nitrogens with zero attached hydrogens (tertiary/aromatic N) is 1. The van der Waals surface area contributed by atoms with Gasteiger partial charge in [0.15, 0.2) is 0 Å². The second kappa shape index (κ2) is 5.32. The maximum Gasteiger partial charge on any atom is 0.241 e. The minimum atomic E-state index is -3.57. The Morgan fingerprint density at radius 2 is 1.81 bits per heavy atom. The van der Waals surface area contributed by atoms with Crippen molar-refractivity contribution >= 4 is 10.0 Å². The summed E-state index contributed by atoms with van der Waals surface area (Å²) in [5.41, 5.74) is 2.69. The lowest BCUT2D eigenvalue weighted by molar-refractivity contribution is 0.554. The van der Waals surface area contributed by atoms with Crippen molar-refractivity contribution in [1.29, 1.82) is 5.26 Å². The van der Waals surface area contributed by atoms with Crippen LogP contribution >= 0.6 is 0 Å². The molecule has 2 aromatic rings. The minimum absolute atomic E-state index is 0.179. The van der Waals surface area contributed by atoms with Gasteiger partial charge in [0.1, 0.15) is 0 Å². The maximum absolute atomic E-state index is 12.4. The van der Waals surface area contributed by atoms with Gasteiger partial charge in [-0.2, -0.15) is 5.26 Å². The van der Waals surface area contributed by atoms with E-state index in [9.17, 15) is 8.42 Å². The highest BCUT2D eigenvalue weighted by Gasteiger charge is 2.27. The fourth-order valence-corrected chi connectivity index (χ4v) is 3.89. The molecule has 0 aromatic heterocycles. The Bertz CT molecular complexity index is 805. The number of hydrogen-bond acceptors (Lipinski definition) is 3. The van der Waals surface area contributed by atoms with Gasteiger partial charge in [0.05, 0.1) is 16.5 Å². The van der Waals surface area contributed by atoms with E-state index >= 15 is 0 Å². The molecular formula is C16H14N2O2S. The lowest BCUT2D eigenvalue weighted by Gasteiger charge is -2.14. The predicted octanol–water partition coefficient (Wildman–Crippen LogP) is 2.52. The highest BCUT2D eigenvalue weighted by Crippen LogP contribution is 2.31. The van der Waals surface area contributed by atoms with Gasteiger partial charge in [0.25, 0.3) is 0 Å². The average Bonchev–Trinajstić information content (AvgIpc) is 2.90. The summed E-state index contributed by atoms with van der Waals surface area (Å²) >= 11 is 0. The van der Waals surface area contributed by atoms with Crippen LogP contribution in [0, 0.1) is 11.3 Å². The molecule has 1 aliphatic rings. The molecule has 0 fully saturated rings. The minimum Gasteiger partial charge on any atom is -0.207 e. The van der Waals surface area contributed by atoms with Gasteiger partial charge in [-0.1, -0.05) is 24.3 Å². The van der Waals surface area contributed by atoms with Crippen molar-refractivity contribution in [3.63, 3.8) is 0 Å². The first-order valence-electron chi connectivity index (χ1n) is 6.70. The van der Waals surface area contributed by atoms with Crippen LogP contribution in [0.1, 0.15) is 29.2 Å². The van der Waals surface area contributed by atoms with Crippen LogP contribution in [-0.2, 0) is 16.4 Å². The monoisotopic (exact) mass is 298 g/mol. The van der Waals surface area contributed by atoms with Gasteiger partial charge < -0.3 is 0 Å². The van der Waals surface area contributed by atoms with Gasteiger partial charge in [0.2, 0.25) is 10.0 Å². The first-order valence-corrected chi connectivity index (χ1v) is 8.19. The third-order valence-corrected chi connectivity index (χ3v) is 5.21. The number of aryl methyl sites for hydroxylation is 1. The summed E-state index contributed by atoms with van der Waals surface area (Å²) in [6.45, 7) is 0. The van der Waals surface area contributed by atoms with Crippen molar-refractivity contribution < 1.29 is 8.42 Å². The Hall–Kier alpha value is -2.16. The second-order valence-corrected chi connectivity index (χ2v) is 6.76. The number of rotatable bonds is 3. The number of fused-ring (bicyclic) bond motifs is 1. The Morgan fingerprint density at radius 3 is 2.52 bits per heavy atom. The predicted molar refractivity (Wildman–Crippen MR) is 79.0 cm³/mol. The van der Waals surface area contributed by atoms with Crippen LogP contribution in [0.2, 0.25) is 0 Å². The first-order chi connectivity index (χ1) is 10.1. The Morgan fingerprint density at radius 1 is 1.10 bits per heavy atom. The lowest BCUT2D eigenvalue weighted by atomic mass is 10.1. The molecule has 4 nitrogen and oxygen atoms in total. The van der Waals surface area contributed by atoms with Crippen LogP contribution in [0.5, 0.6) is 0 Å². The van der Waals surface area contributed by atoms with Crippen LogP contribution in [0.4, 0.5) is 0 Å².